The molecule has 0 saturated carbocycles. The molecule has 0 rings (SSSR count). The van der Waals surface area contributed by atoms with Gasteiger partial charge >= 0.3 is 5.97 Å². The molecule has 0 bridgehead atoms. The third-order valence-corrected chi connectivity index (χ3v) is 6.91. The fraction of sp³-hybridized carbons (Fsp3) is 0.963. The van der Waals surface area contributed by atoms with E-state index >= 15 is 0 Å². The Hall–Kier alpha value is -0.0400. The van der Waals surface area contributed by atoms with Gasteiger partial charge in [-0.05, 0) is 94.7 Å². The lowest BCUT2D eigenvalue weighted by Crippen LogP contribution is -2.44. The van der Waals surface area contributed by atoms with Crippen molar-refractivity contribution < 1.29 is 28.5 Å². The lowest BCUT2D eigenvalue weighted by molar-refractivity contribution is -0.148. The van der Waals surface area contributed by atoms with E-state index in [9.17, 15) is 4.79 Å². The number of rotatable bonds is 21. The number of hydrogen-bond acceptors (Lipinski definition) is 8. The van der Waals surface area contributed by atoms with Crippen LogP contribution in [0.2, 0.25) is 0 Å². The van der Waals surface area contributed by atoms with Gasteiger partial charge in [-0.25, -0.2) is 0 Å². The van der Waals surface area contributed by atoms with Crippen LogP contribution in [0.4, 0.5) is 0 Å². The van der Waals surface area contributed by atoms with Crippen molar-refractivity contribution in [1.29, 1.82) is 0 Å². The van der Waals surface area contributed by atoms with Crippen LogP contribution in [-0.2, 0) is 28.5 Å². The summed E-state index contributed by atoms with van der Waals surface area (Å²) in [6.45, 7) is 23.1. The molecule has 4 atom stereocenters. The van der Waals surface area contributed by atoms with Crippen molar-refractivity contribution in [3.05, 3.63) is 0 Å². The minimum Gasteiger partial charge on any atom is -0.463 e. The highest BCUT2D eigenvalue weighted by atomic mass is 127. The van der Waals surface area contributed by atoms with Crippen LogP contribution in [0.1, 0.15) is 94.9 Å². The molecule has 4 unspecified atom stereocenters. The van der Waals surface area contributed by atoms with Crippen LogP contribution >= 0.6 is 22.6 Å². The van der Waals surface area contributed by atoms with Gasteiger partial charge in [-0.15, -0.1) is 0 Å². The highest BCUT2D eigenvalue weighted by Crippen LogP contribution is 2.28. The van der Waals surface area contributed by atoms with Gasteiger partial charge in [0.2, 0.25) is 0 Å². The monoisotopic (exact) mass is 630 g/mol. The van der Waals surface area contributed by atoms with Gasteiger partial charge in [0.05, 0.1) is 24.9 Å². The van der Waals surface area contributed by atoms with E-state index in [1.54, 1.807) is 0 Å². The summed E-state index contributed by atoms with van der Waals surface area (Å²) in [4.78, 5) is 11.7. The zero-order valence-electron chi connectivity index (χ0n) is 24.6. The minimum absolute atomic E-state index is 0.0348. The van der Waals surface area contributed by atoms with Crippen LogP contribution in [-0.4, -0.2) is 66.7 Å². The molecule has 0 amide bonds. The van der Waals surface area contributed by atoms with Crippen molar-refractivity contribution in [3.8, 4) is 0 Å². The standard InChI is InChI=1S/C27H55IN2O6/c1-20(2)11-12-24(31)33-17-18-34-26(8,9)14-16-35-27(10,28)19-30-23(5)36-21(3)25(6,7)13-15-32-22(4)29/h20-23,30H,11-19,29H2,1-10H3. The zero-order valence-corrected chi connectivity index (χ0v) is 26.7. The second kappa shape index (κ2) is 17.5. The topological polar surface area (TPSA) is 101 Å². The zero-order chi connectivity index (χ0) is 28.0. The molecule has 0 aliphatic rings. The number of carbonyl (C=O) groups excluding carboxylic acids is 1. The molecule has 36 heavy (non-hydrogen) atoms. The van der Waals surface area contributed by atoms with Crippen LogP contribution in [0.3, 0.4) is 0 Å². The van der Waals surface area contributed by atoms with Gasteiger partial charge in [-0.3, -0.25) is 10.1 Å². The van der Waals surface area contributed by atoms with Crippen LogP contribution in [0.15, 0.2) is 0 Å². The molecule has 0 aliphatic heterocycles. The van der Waals surface area contributed by atoms with Crippen molar-refractivity contribution in [2.24, 2.45) is 17.1 Å². The molecule has 0 heterocycles. The van der Waals surface area contributed by atoms with E-state index in [2.05, 4.69) is 69.5 Å². The Morgan fingerprint density at radius 2 is 1.56 bits per heavy atom. The van der Waals surface area contributed by atoms with Gasteiger partial charge in [-0.1, -0.05) is 27.7 Å². The average molecular weight is 631 g/mol. The number of alkyl halides is 1. The molecular formula is C27H55IN2O6. The first-order valence-corrected chi connectivity index (χ1v) is 14.4. The Labute approximate surface area is 234 Å². The Morgan fingerprint density at radius 1 is 0.917 bits per heavy atom. The van der Waals surface area contributed by atoms with Gasteiger partial charge in [0.1, 0.15) is 22.7 Å². The molecule has 0 spiro atoms. The predicted molar refractivity (Wildman–Crippen MR) is 154 cm³/mol. The minimum atomic E-state index is -0.388. The van der Waals surface area contributed by atoms with E-state index in [4.69, 9.17) is 29.4 Å². The highest BCUT2D eigenvalue weighted by molar-refractivity contribution is 14.1. The van der Waals surface area contributed by atoms with Crippen LogP contribution < -0.4 is 11.1 Å². The van der Waals surface area contributed by atoms with Gasteiger partial charge < -0.3 is 29.4 Å². The largest absolute Gasteiger partial charge is 0.463 e. The summed E-state index contributed by atoms with van der Waals surface area (Å²) >= 11 is 2.32. The lowest BCUT2D eigenvalue weighted by atomic mass is 9.84. The van der Waals surface area contributed by atoms with Crippen LogP contribution in [0.25, 0.3) is 0 Å². The number of halogens is 1. The van der Waals surface area contributed by atoms with Gasteiger partial charge in [0, 0.05) is 19.6 Å². The maximum absolute atomic E-state index is 11.7. The second-order valence-electron chi connectivity index (χ2n) is 11.6. The molecule has 216 valence electrons. The van der Waals surface area contributed by atoms with Gasteiger partial charge in [0.25, 0.3) is 0 Å². The molecule has 0 saturated heterocycles. The summed E-state index contributed by atoms with van der Waals surface area (Å²) in [6.07, 6.45) is 2.58. The number of carbonyl (C=O) groups is 1. The maximum atomic E-state index is 11.7. The molecule has 0 aliphatic carbocycles. The van der Waals surface area contributed by atoms with Crippen molar-refractivity contribution >= 4 is 28.6 Å². The SMILES string of the molecule is CC(C)CCC(=O)OCCOC(C)(C)CCOC(C)(I)CNC(C)OC(C)C(C)(C)CCOC(C)N. The summed E-state index contributed by atoms with van der Waals surface area (Å²) in [5, 5.41) is 3.43. The van der Waals surface area contributed by atoms with E-state index < -0.39 is 0 Å². The third kappa shape index (κ3) is 19.1. The van der Waals surface area contributed by atoms with Crippen molar-refractivity contribution in [3.63, 3.8) is 0 Å². The van der Waals surface area contributed by atoms with Gasteiger partial charge in [-0.2, -0.15) is 0 Å². The smallest absolute Gasteiger partial charge is 0.305 e. The van der Waals surface area contributed by atoms with Crippen molar-refractivity contribution in [2.45, 2.75) is 123 Å². The normalized spacial score (nSPS) is 17.0. The fourth-order valence-corrected chi connectivity index (χ4v) is 3.60. The number of nitrogens with one attached hydrogen (secondary N) is 1. The quantitative estimate of drug-likeness (QED) is 0.0572. The molecule has 8 nitrogen and oxygen atoms in total. The van der Waals surface area contributed by atoms with E-state index in [1.807, 2.05) is 27.7 Å². The first-order valence-electron chi connectivity index (χ1n) is 13.3. The van der Waals surface area contributed by atoms with E-state index in [1.165, 1.54) is 0 Å². The molecule has 9 heteroatoms. The highest BCUT2D eigenvalue weighted by Gasteiger charge is 2.29. The number of hydrogen-bond donors (Lipinski definition) is 2. The maximum Gasteiger partial charge on any atom is 0.305 e. The third-order valence-electron chi connectivity index (χ3n) is 6.21. The Bertz CT molecular complexity index is 599. The summed E-state index contributed by atoms with van der Waals surface area (Å²) in [7, 11) is 0. The molecule has 3 N–H and O–H groups in total. The molecule has 0 aromatic heterocycles. The van der Waals surface area contributed by atoms with Crippen LogP contribution in [0.5, 0.6) is 0 Å². The summed E-state index contributed by atoms with van der Waals surface area (Å²) in [5.41, 5.74) is 5.27. The molecule has 0 aromatic rings. The first kappa shape index (κ1) is 36.0. The Balaban J connectivity index is 4.22. The summed E-state index contributed by atoms with van der Waals surface area (Å²) in [6, 6.07) is 0. The summed E-state index contributed by atoms with van der Waals surface area (Å²) in [5.74, 6) is 0.335. The predicted octanol–water partition coefficient (Wildman–Crippen LogP) is 5.40. The number of esters is 1. The second-order valence-corrected chi connectivity index (χ2v) is 13.9. The van der Waals surface area contributed by atoms with E-state index in [0.717, 1.165) is 19.3 Å². The Morgan fingerprint density at radius 3 is 2.14 bits per heavy atom. The molecule has 0 fully saturated rings. The Kier molecular flexibility index (Phi) is 17.5. The van der Waals surface area contributed by atoms with Crippen molar-refractivity contribution in [1.82, 2.24) is 5.32 Å². The molecular weight excluding hydrogens is 575 g/mol. The number of nitrogens with two attached hydrogens (primary N) is 1. The van der Waals surface area contributed by atoms with Crippen molar-refractivity contribution in [2.75, 3.05) is 33.0 Å². The summed E-state index contributed by atoms with van der Waals surface area (Å²) < 4.78 is 28.6. The fourth-order valence-electron chi connectivity index (χ4n) is 3.16. The first-order chi connectivity index (χ1) is 16.5. The van der Waals surface area contributed by atoms with E-state index in [0.29, 0.717) is 38.7 Å². The lowest BCUT2D eigenvalue weighted by Gasteiger charge is -2.35. The molecule has 0 radical (unpaired) electrons. The molecule has 0 aromatic carbocycles. The van der Waals surface area contributed by atoms with E-state index in [-0.39, 0.29) is 45.8 Å². The average Bonchev–Trinajstić information content (AvgIpc) is 2.73. The number of ether oxygens (including phenoxy) is 5. The van der Waals surface area contributed by atoms with Gasteiger partial charge in [0.15, 0.2) is 0 Å². The van der Waals surface area contributed by atoms with Crippen LogP contribution in [0, 0.1) is 11.3 Å².